The van der Waals surface area contributed by atoms with Gasteiger partial charge < -0.3 is 5.32 Å². The van der Waals surface area contributed by atoms with Crippen molar-refractivity contribution < 1.29 is 0 Å². The third-order valence-corrected chi connectivity index (χ3v) is 4.40. The number of nitrogens with one attached hydrogen (secondary N) is 1. The van der Waals surface area contributed by atoms with Crippen molar-refractivity contribution in [1.29, 1.82) is 0 Å². The third kappa shape index (κ3) is 3.40. The highest BCUT2D eigenvalue weighted by Crippen LogP contribution is 2.27. The van der Waals surface area contributed by atoms with Crippen LogP contribution in [0.1, 0.15) is 38.7 Å². The van der Waals surface area contributed by atoms with Crippen LogP contribution in [0.25, 0.3) is 10.8 Å². The van der Waals surface area contributed by atoms with E-state index >= 15 is 0 Å². The van der Waals surface area contributed by atoms with Crippen molar-refractivity contribution in [2.45, 2.75) is 45.6 Å². The maximum absolute atomic E-state index is 3.67. The van der Waals surface area contributed by atoms with E-state index in [-0.39, 0.29) is 0 Å². The molecule has 0 aliphatic heterocycles. The molecule has 1 aliphatic rings. The predicted octanol–water partition coefficient (Wildman–Crippen LogP) is 4.55. The fourth-order valence-corrected chi connectivity index (χ4v) is 2.78. The lowest BCUT2D eigenvalue weighted by Crippen LogP contribution is -2.31. The Kier molecular flexibility index (Phi) is 3.80. The Bertz CT molecular complexity index is 576. The van der Waals surface area contributed by atoms with Crippen LogP contribution < -0.4 is 5.32 Å². The SMILES string of the molecule is CC(C)(CCc1cccc2ccccc12)CNC1CC1. The molecule has 1 saturated carbocycles. The monoisotopic (exact) mass is 267 g/mol. The van der Waals surface area contributed by atoms with E-state index in [1.807, 2.05) is 0 Å². The fourth-order valence-electron chi connectivity index (χ4n) is 2.78. The Morgan fingerprint density at radius 3 is 2.60 bits per heavy atom. The highest BCUT2D eigenvalue weighted by atomic mass is 15.0. The van der Waals surface area contributed by atoms with E-state index < -0.39 is 0 Å². The number of fused-ring (bicyclic) bond motifs is 1. The first-order chi connectivity index (χ1) is 9.64. The molecule has 1 aliphatic carbocycles. The number of rotatable bonds is 6. The van der Waals surface area contributed by atoms with Crippen molar-refractivity contribution in [3.63, 3.8) is 0 Å². The van der Waals surface area contributed by atoms with Crippen molar-refractivity contribution in [1.82, 2.24) is 5.32 Å². The molecular formula is C19H25N. The molecule has 0 aromatic heterocycles. The van der Waals surface area contributed by atoms with E-state index in [1.165, 1.54) is 42.0 Å². The summed E-state index contributed by atoms with van der Waals surface area (Å²) < 4.78 is 0. The molecule has 0 amide bonds. The average molecular weight is 267 g/mol. The maximum atomic E-state index is 3.67. The Morgan fingerprint density at radius 1 is 1.05 bits per heavy atom. The number of hydrogen-bond acceptors (Lipinski definition) is 1. The maximum Gasteiger partial charge on any atom is 0.00684 e. The molecule has 3 rings (SSSR count). The molecule has 0 heterocycles. The Morgan fingerprint density at radius 2 is 1.80 bits per heavy atom. The summed E-state index contributed by atoms with van der Waals surface area (Å²) in [5.41, 5.74) is 1.86. The second-order valence-corrected chi connectivity index (χ2v) is 6.96. The van der Waals surface area contributed by atoms with Gasteiger partial charge in [0.15, 0.2) is 0 Å². The van der Waals surface area contributed by atoms with Gasteiger partial charge in [-0.15, -0.1) is 0 Å². The first kappa shape index (κ1) is 13.6. The quantitative estimate of drug-likeness (QED) is 0.809. The highest BCUT2D eigenvalue weighted by molar-refractivity contribution is 5.85. The van der Waals surface area contributed by atoms with Crippen LogP contribution in [0, 0.1) is 5.41 Å². The van der Waals surface area contributed by atoms with Crippen LogP contribution in [-0.2, 0) is 6.42 Å². The zero-order valence-electron chi connectivity index (χ0n) is 12.7. The minimum Gasteiger partial charge on any atom is -0.313 e. The second-order valence-electron chi connectivity index (χ2n) is 6.96. The smallest absolute Gasteiger partial charge is 0.00684 e. The lowest BCUT2D eigenvalue weighted by Gasteiger charge is -2.25. The summed E-state index contributed by atoms with van der Waals surface area (Å²) in [6, 6.07) is 16.2. The molecule has 1 fully saturated rings. The summed E-state index contributed by atoms with van der Waals surface area (Å²) in [5, 5.41) is 6.45. The van der Waals surface area contributed by atoms with Gasteiger partial charge >= 0.3 is 0 Å². The van der Waals surface area contributed by atoms with Crippen LogP contribution >= 0.6 is 0 Å². The summed E-state index contributed by atoms with van der Waals surface area (Å²) in [5.74, 6) is 0. The van der Waals surface area contributed by atoms with Crippen LogP contribution in [0.5, 0.6) is 0 Å². The molecule has 0 atom stereocenters. The molecule has 0 bridgehead atoms. The standard InChI is InChI=1S/C19H25N/c1-19(2,14-20-17-10-11-17)13-12-16-8-5-7-15-6-3-4-9-18(15)16/h3-9,17,20H,10-14H2,1-2H3. The highest BCUT2D eigenvalue weighted by Gasteiger charge is 2.25. The zero-order valence-corrected chi connectivity index (χ0v) is 12.7. The van der Waals surface area contributed by atoms with E-state index in [1.54, 1.807) is 0 Å². The van der Waals surface area contributed by atoms with Crippen molar-refractivity contribution in [3.05, 3.63) is 48.0 Å². The normalized spacial score (nSPS) is 15.7. The molecule has 20 heavy (non-hydrogen) atoms. The van der Waals surface area contributed by atoms with Gasteiger partial charge in [-0.05, 0) is 47.4 Å². The number of hydrogen-bond donors (Lipinski definition) is 1. The second kappa shape index (κ2) is 5.57. The fraction of sp³-hybridized carbons (Fsp3) is 0.474. The molecular weight excluding hydrogens is 242 g/mol. The van der Waals surface area contributed by atoms with Gasteiger partial charge in [-0.25, -0.2) is 0 Å². The van der Waals surface area contributed by atoms with Crippen LogP contribution in [0.3, 0.4) is 0 Å². The molecule has 106 valence electrons. The van der Waals surface area contributed by atoms with Crippen molar-refractivity contribution in [2.24, 2.45) is 5.41 Å². The third-order valence-electron chi connectivity index (χ3n) is 4.40. The van der Waals surface area contributed by atoms with Gasteiger partial charge in [0.25, 0.3) is 0 Å². The molecule has 0 radical (unpaired) electrons. The zero-order chi connectivity index (χ0) is 14.0. The number of aryl methyl sites for hydroxylation is 1. The molecule has 2 aromatic rings. The molecule has 1 N–H and O–H groups in total. The molecule has 1 nitrogen and oxygen atoms in total. The van der Waals surface area contributed by atoms with E-state index in [9.17, 15) is 0 Å². The van der Waals surface area contributed by atoms with Gasteiger partial charge in [0, 0.05) is 12.6 Å². The first-order valence-electron chi connectivity index (χ1n) is 7.84. The Balaban J connectivity index is 1.66. The molecule has 1 heteroatoms. The van der Waals surface area contributed by atoms with Gasteiger partial charge in [-0.1, -0.05) is 56.3 Å². The lowest BCUT2D eigenvalue weighted by atomic mass is 9.85. The van der Waals surface area contributed by atoms with Crippen LogP contribution in [0.2, 0.25) is 0 Å². The van der Waals surface area contributed by atoms with Crippen molar-refractivity contribution >= 4 is 10.8 Å². The summed E-state index contributed by atoms with van der Waals surface area (Å²) in [7, 11) is 0. The Labute approximate surface area is 122 Å². The van der Waals surface area contributed by atoms with E-state index in [4.69, 9.17) is 0 Å². The lowest BCUT2D eigenvalue weighted by molar-refractivity contribution is 0.314. The summed E-state index contributed by atoms with van der Waals surface area (Å²) in [4.78, 5) is 0. The molecule has 2 aromatic carbocycles. The van der Waals surface area contributed by atoms with Crippen molar-refractivity contribution in [3.8, 4) is 0 Å². The van der Waals surface area contributed by atoms with Gasteiger partial charge in [0.2, 0.25) is 0 Å². The van der Waals surface area contributed by atoms with Gasteiger partial charge in [-0.2, -0.15) is 0 Å². The summed E-state index contributed by atoms with van der Waals surface area (Å²) in [6.07, 6.45) is 5.15. The minimum atomic E-state index is 0.375. The Hall–Kier alpha value is -1.34. The number of benzene rings is 2. The largest absolute Gasteiger partial charge is 0.313 e. The van der Waals surface area contributed by atoms with Gasteiger partial charge in [0.05, 0.1) is 0 Å². The summed E-state index contributed by atoms with van der Waals surface area (Å²) >= 11 is 0. The molecule has 0 unspecified atom stereocenters. The molecule has 0 saturated heterocycles. The van der Waals surface area contributed by atoms with E-state index in [2.05, 4.69) is 61.6 Å². The van der Waals surface area contributed by atoms with E-state index in [0.29, 0.717) is 5.41 Å². The first-order valence-corrected chi connectivity index (χ1v) is 7.84. The predicted molar refractivity (Wildman–Crippen MR) is 87.1 cm³/mol. The van der Waals surface area contributed by atoms with Crippen molar-refractivity contribution in [2.75, 3.05) is 6.54 Å². The van der Waals surface area contributed by atoms with Crippen LogP contribution in [0.15, 0.2) is 42.5 Å². The van der Waals surface area contributed by atoms with Crippen LogP contribution in [-0.4, -0.2) is 12.6 Å². The van der Waals surface area contributed by atoms with Gasteiger partial charge in [-0.3, -0.25) is 0 Å². The van der Waals surface area contributed by atoms with Crippen LogP contribution in [0.4, 0.5) is 0 Å². The summed E-state index contributed by atoms with van der Waals surface area (Å²) in [6.45, 7) is 5.91. The van der Waals surface area contributed by atoms with E-state index in [0.717, 1.165) is 12.6 Å². The minimum absolute atomic E-state index is 0.375. The average Bonchev–Trinajstić information content (AvgIpc) is 3.27. The van der Waals surface area contributed by atoms with Gasteiger partial charge in [0.1, 0.15) is 0 Å². The molecule has 0 spiro atoms. The topological polar surface area (TPSA) is 12.0 Å².